The van der Waals surface area contributed by atoms with Gasteiger partial charge in [-0.1, -0.05) is 24.3 Å². The van der Waals surface area contributed by atoms with Gasteiger partial charge in [0.15, 0.2) is 11.5 Å². The number of carbonyl (C=O) groups excluding carboxylic acids is 1. The van der Waals surface area contributed by atoms with Crippen molar-refractivity contribution in [3.05, 3.63) is 71.6 Å². The van der Waals surface area contributed by atoms with Gasteiger partial charge in [-0.3, -0.25) is 4.79 Å². The number of ether oxygens (including phenoxy) is 2. The molecule has 8 nitrogen and oxygen atoms in total. The van der Waals surface area contributed by atoms with E-state index in [1.807, 2.05) is 53.4 Å². The molecule has 2 aromatic heterocycles. The van der Waals surface area contributed by atoms with Gasteiger partial charge in [0.25, 0.3) is 0 Å². The number of benzene rings is 2. The van der Waals surface area contributed by atoms with Gasteiger partial charge in [0, 0.05) is 19.4 Å². The van der Waals surface area contributed by atoms with Crippen LogP contribution >= 0.6 is 0 Å². The summed E-state index contributed by atoms with van der Waals surface area (Å²) in [6.45, 7) is 3.80. The van der Waals surface area contributed by atoms with E-state index >= 15 is 0 Å². The number of fused-ring (bicyclic) bond motifs is 2. The van der Waals surface area contributed by atoms with Gasteiger partial charge >= 0.3 is 0 Å². The summed E-state index contributed by atoms with van der Waals surface area (Å²) in [5.74, 6) is 3.30. The number of rotatable bonds is 8. The Kier molecular flexibility index (Phi) is 6.20. The fraction of sp³-hybridized carbons (Fsp3) is 0.346. The van der Waals surface area contributed by atoms with Crippen LogP contribution in [-0.2, 0) is 17.8 Å². The molecule has 0 bridgehead atoms. The molecule has 3 heterocycles. The first-order valence-corrected chi connectivity index (χ1v) is 11.7. The molecule has 0 aliphatic carbocycles. The lowest BCUT2D eigenvalue weighted by atomic mass is 10.1. The summed E-state index contributed by atoms with van der Waals surface area (Å²) in [6, 6.07) is 15.5. The fourth-order valence-corrected chi connectivity index (χ4v) is 4.34. The average molecular weight is 460 g/mol. The molecule has 5 rings (SSSR count). The number of H-pyrrole nitrogens is 2. The van der Waals surface area contributed by atoms with Crippen LogP contribution in [0.2, 0.25) is 0 Å². The Labute approximate surface area is 198 Å². The van der Waals surface area contributed by atoms with Gasteiger partial charge in [0.05, 0.1) is 48.6 Å². The Morgan fingerprint density at radius 3 is 2.65 bits per heavy atom. The van der Waals surface area contributed by atoms with Gasteiger partial charge in [0.1, 0.15) is 11.6 Å². The Bertz CT molecular complexity index is 1260. The van der Waals surface area contributed by atoms with Crippen LogP contribution in [-0.4, -0.2) is 51.0 Å². The number of hydrogen-bond donors (Lipinski definition) is 2. The number of methoxy groups -OCH3 is 1. The molecule has 0 fully saturated rings. The summed E-state index contributed by atoms with van der Waals surface area (Å²) in [7, 11) is 1.62. The van der Waals surface area contributed by atoms with E-state index in [9.17, 15) is 4.79 Å². The second-order valence-electron chi connectivity index (χ2n) is 8.58. The number of aromatic amines is 2. The second kappa shape index (κ2) is 9.59. The molecular formula is C26H29N5O3. The van der Waals surface area contributed by atoms with E-state index in [1.165, 1.54) is 0 Å². The van der Waals surface area contributed by atoms with E-state index in [0.29, 0.717) is 44.0 Å². The van der Waals surface area contributed by atoms with Crippen molar-refractivity contribution in [1.29, 1.82) is 0 Å². The van der Waals surface area contributed by atoms with Gasteiger partial charge in [0.2, 0.25) is 5.91 Å². The minimum absolute atomic E-state index is 0.00859. The number of para-hydroxylation sites is 4. The lowest BCUT2D eigenvalue weighted by Crippen LogP contribution is -2.36. The number of nitrogens with zero attached hydrogens (tertiary/aromatic N) is 3. The van der Waals surface area contributed by atoms with Crippen molar-refractivity contribution in [1.82, 2.24) is 24.8 Å². The van der Waals surface area contributed by atoms with E-state index in [-0.39, 0.29) is 11.8 Å². The molecule has 1 atom stereocenters. The molecule has 1 aliphatic rings. The normalized spacial score (nSPS) is 14.1. The highest BCUT2D eigenvalue weighted by molar-refractivity contribution is 5.76. The molecule has 0 spiro atoms. The van der Waals surface area contributed by atoms with Crippen LogP contribution in [0.15, 0.2) is 48.5 Å². The first kappa shape index (κ1) is 22.0. The van der Waals surface area contributed by atoms with Crippen LogP contribution in [0.4, 0.5) is 0 Å². The Balaban J connectivity index is 1.17. The minimum Gasteiger partial charge on any atom is -0.493 e. The lowest BCUT2D eigenvalue weighted by molar-refractivity contribution is -0.132. The summed E-state index contributed by atoms with van der Waals surface area (Å²) in [4.78, 5) is 31.1. The lowest BCUT2D eigenvalue weighted by Gasteiger charge is -2.26. The predicted molar refractivity (Wildman–Crippen MR) is 129 cm³/mol. The molecule has 4 aromatic rings. The number of aromatic nitrogens is 4. The number of hydrogen-bond acceptors (Lipinski definition) is 5. The fourth-order valence-electron chi connectivity index (χ4n) is 4.34. The van der Waals surface area contributed by atoms with E-state index < -0.39 is 0 Å². The SMILES string of the molecule is COc1ccccc1OCCCC(=O)N1CCc2nc(C(C)c3nc4ccccc4[nH]3)[nH]c2C1. The predicted octanol–water partition coefficient (Wildman–Crippen LogP) is 4.19. The molecule has 1 aliphatic heterocycles. The number of amides is 1. The topological polar surface area (TPSA) is 96.1 Å². The average Bonchev–Trinajstić information content (AvgIpc) is 3.50. The molecule has 2 aromatic carbocycles. The third-order valence-electron chi connectivity index (χ3n) is 6.29. The second-order valence-corrected chi connectivity index (χ2v) is 8.58. The van der Waals surface area contributed by atoms with Crippen LogP contribution in [0.25, 0.3) is 11.0 Å². The van der Waals surface area contributed by atoms with E-state index in [0.717, 1.165) is 40.5 Å². The summed E-state index contributed by atoms with van der Waals surface area (Å²) < 4.78 is 11.1. The van der Waals surface area contributed by atoms with Crippen LogP contribution in [0, 0.1) is 0 Å². The number of imidazole rings is 2. The van der Waals surface area contributed by atoms with Crippen molar-refractivity contribution >= 4 is 16.9 Å². The molecule has 1 unspecified atom stereocenters. The summed E-state index contributed by atoms with van der Waals surface area (Å²) in [5.41, 5.74) is 4.03. The third kappa shape index (κ3) is 4.48. The molecule has 8 heteroatoms. The highest BCUT2D eigenvalue weighted by Crippen LogP contribution is 2.27. The van der Waals surface area contributed by atoms with Crippen molar-refractivity contribution < 1.29 is 14.3 Å². The maximum atomic E-state index is 12.8. The van der Waals surface area contributed by atoms with Crippen molar-refractivity contribution in [3.8, 4) is 11.5 Å². The van der Waals surface area contributed by atoms with E-state index in [2.05, 4.69) is 16.9 Å². The van der Waals surface area contributed by atoms with Gasteiger partial charge in [-0.25, -0.2) is 9.97 Å². The van der Waals surface area contributed by atoms with E-state index in [1.54, 1.807) is 7.11 Å². The summed E-state index contributed by atoms with van der Waals surface area (Å²) in [5, 5.41) is 0. The molecule has 0 radical (unpaired) electrons. The summed E-state index contributed by atoms with van der Waals surface area (Å²) in [6.07, 6.45) is 1.85. The highest BCUT2D eigenvalue weighted by Gasteiger charge is 2.26. The third-order valence-corrected chi connectivity index (χ3v) is 6.29. The van der Waals surface area contributed by atoms with Gasteiger partial charge < -0.3 is 24.3 Å². The van der Waals surface area contributed by atoms with Gasteiger partial charge in [-0.15, -0.1) is 0 Å². The number of carbonyl (C=O) groups is 1. The van der Waals surface area contributed by atoms with Gasteiger partial charge in [-0.05, 0) is 37.6 Å². The maximum Gasteiger partial charge on any atom is 0.223 e. The van der Waals surface area contributed by atoms with Crippen molar-refractivity contribution in [2.45, 2.75) is 38.6 Å². The minimum atomic E-state index is 0.00859. The van der Waals surface area contributed by atoms with Crippen molar-refractivity contribution in [3.63, 3.8) is 0 Å². The van der Waals surface area contributed by atoms with Crippen LogP contribution in [0.5, 0.6) is 11.5 Å². The largest absolute Gasteiger partial charge is 0.493 e. The molecule has 0 saturated heterocycles. The van der Waals surface area contributed by atoms with Gasteiger partial charge in [-0.2, -0.15) is 0 Å². The highest BCUT2D eigenvalue weighted by atomic mass is 16.5. The quantitative estimate of drug-likeness (QED) is 0.385. The zero-order valence-electron chi connectivity index (χ0n) is 19.5. The first-order valence-electron chi connectivity index (χ1n) is 11.7. The Morgan fingerprint density at radius 1 is 1.06 bits per heavy atom. The molecule has 2 N–H and O–H groups in total. The van der Waals surface area contributed by atoms with Crippen LogP contribution in [0.3, 0.4) is 0 Å². The number of nitrogens with one attached hydrogen (secondary N) is 2. The van der Waals surface area contributed by atoms with Crippen LogP contribution < -0.4 is 9.47 Å². The van der Waals surface area contributed by atoms with E-state index in [4.69, 9.17) is 19.4 Å². The smallest absolute Gasteiger partial charge is 0.223 e. The summed E-state index contributed by atoms with van der Waals surface area (Å²) >= 11 is 0. The van der Waals surface area contributed by atoms with Crippen LogP contribution in [0.1, 0.15) is 48.7 Å². The zero-order chi connectivity index (χ0) is 23.5. The molecular weight excluding hydrogens is 430 g/mol. The Morgan fingerprint density at radius 2 is 1.82 bits per heavy atom. The van der Waals surface area contributed by atoms with Crippen molar-refractivity contribution in [2.24, 2.45) is 0 Å². The zero-order valence-corrected chi connectivity index (χ0v) is 19.5. The standard InChI is InChI=1S/C26H29N5O3/c1-17(25-27-18-8-3-4-9-19(18)28-25)26-29-20-13-14-31(16-21(20)30-26)24(32)12-7-15-34-23-11-6-5-10-22(23)33-2/h3-6,8-11,17H,7,12-16H2,1-2H3,(H,27,28)(H,29,30). The maximum absolute atomic E-state index is 12.8. The molecule has 34 heavy (non-hydrogen) atoms. The molecule has 176 valence electrons. The Hall–Kier alpha value is -3.81. The first-order chi connectivity index (χ1) is 16.6. The molecule has 1 amide bonds. The van der Waals surface area contributed by atoms with Crippen molar-refractivity contribution in [2.75, 3.05) is 20.3 Å². The molecule has 0 saturated carbocycles. The monoisotopic (exact) mass is 459 g/mol.